The minimum atomic E-state index is -2.58. The summed E-state index contributed by atoms with van der Waals surface area (Å²) in [5, 5.41) is 2.96. The van der Waals surface area contributed by atoms with Gasteiger partial charge in [-0.15, -0.1) is 0 Å². The molecule has 0 spiro atoms. The lowest BCUT2D eigenvalue weighted by Gasteiger charge is -2.32. The van der Waals surface area contributed by atoms with Crippen molar-refractivity contribution < 1.29 is 31.4 Å². The van der Waals surface area contributed by atoms with Crippen LogP contribution in [-0.4, -0.2) is 72.7 Å². The van der Waals surface area contributed by atoms with Crippen molar-refractivity contribution in [3.63, 3.8) is 0 Å². The molecule has 0 radical (unpaired) electrons. The molecule has 27 heavy (non-hydrogen) atoms. The molecule has 1 N–H and O–H groups in total. The monoisotopic (exact) mass is 425 g/mol. The van der Waals surface area contributed by atoms with Crippen LogP contribution >= 0.6 is 0 Å². The first kappa shape index (κ1) is 26.7. The number of carbonyl (C=O) groups is 1. The Balaban J connectivity index is 4.86. The molecule has 0 aromatic heterocycles. The highest BCUT2D eigenvalue weighted by Crippen LogP contribution is 2.33. The average Bonchev–Trinajstić information content (AvgIpc) is 2.68. The number of amides is 1. The second-order valence-electron chi connectivity index (χ2n) is 7.02. The first-order valence-electron chi connectivity index (χ1n) is 9.25. The fourth-order valence-electron chi connectivity index (χ4n) is 3.22. The molecule has 0 aliphatic rings. The van der Waals surface area contributed by atoms with Gasteiger partial charge in [-0.1, -0.05) is 6.92 Å². The van der Waals surface area contributed by atoms with Gasteiger partial charge in [-0.05, 0) is 31.1 Å². The Kier molecular flexibility index (Phi) is 12.8. The normalized spacial score (nSPS) is 13.0. The second-order valence-corrected chi connectivity index (χ2v) is 13.2. The van der Waals surface area contributed by atoms with Crippen molar-refractivity contribution in [2.24, 2.45) is 5.41 Å². The predicted molar refractivity (Wildman–Crippen MR) is 108 cm³/mol. The average molecular weight is 426 g/mol. The molecule has 0 atom stereocenters. The highest BCUT2D eigenvalue weighted by molar-refractivity contribution is 6.60. The Morgan fingerprint density at radius 1 is 0.778 bits per heavy atom. The summed E-state index contributed by atoms with van der Waals surface area (Å²) in [7, 11) is 4.59. The standard InChI is InChI=1S/C17H39NO7Si2/c1-16(19)18-15-17(2,11-9-13-26(20-3,21-4)22-5)12-10-14-27(23-6,24-7)25-8/h9-15H2,1-8H3,(H,18,19). The summed E-state index contributed by atoms with van der Waals surface area (Å²) in [5.74, 6) is -0.0231. The van der Waals surface area contributed by atoms with Crippen molar-refractivity contribution >= 4 is 23.5 Å². The van der Waals surface area contributed by atoms with E-state index in [-0.39, 0.29) is 11.3 Å². The third-order valence-electron chi connectivity index (χ3n) is 5.16. The van der Waals surface area contributed by atoms with Crippen molar-refractivity contribution in [1.82, 2.24) is 5.32 Å². The van der Waals surface area contributed by atoms with E-state index in [1.165, 1.54) is 6.92 Å². The molecule has 0 heterocycles. The first-order valence-corrected chi connectivity index (χ1v) is 13.1. The van der Waals surface area contributed by atoms with E-state index in [4.69, 9.17) is 26.6 Å². The summed E-state index contributed by atoms with van der Waals surface area (Å²) in [6.07, 6.45) is 3.61. The number of carbonyl (C=O) groups excluding carboxylic acids is 1. The van der Waals surface area contributed by atoms with Gasteiger partial charge in [0.15, 0.2) is 0 Å². The molecule has 0 aromatic rings. The Labute approximate surface area is 166 Å². The lowest BCUT2D eigenvalue weighted by atomic mass is 9.81. The van der Waals surface area contributed by atoms with Crippen LogP contribution in [0.4, 0.5) is 0 Å². The van der Waals surface area contributed by atoms with Gasteiger partial charge in [0, 0.05) is 68.2 Å². The summed E-state index contributed by atoms with van der Waals surface area (Å²) < 4.78 is 33.0. The van der Waals surface area contributed by atoms with Gasteiger partial charge in [0.25, 0.3) is 0 Å². The zero-order valence-corrected chi connectivity index (χ0v) is 20.3. The molecule has 0 unspecified atom stereocenters. The van der Waals surface area contributed by atoms with Crippen molar-refractivity contribution in [2.45, 2.75) is 51.6 Å². The largest absolute Gasteiger partial charge is 0.500 e. The van der Waals surface area contributed by atoms with Gasteiger partial charge in [-0.3, -0.25) is 4.79 Å². The van der Waals surface area contributed by atoms with Crippen LogP contribution in [0.15, 0.2) is 0 Å². The fourth-order valence-corrected chi connectivity index (χ4v) is 6.66. The molecular formula is C17H39NO7Si2. The molecule has 10 heteroatoms. The van der Waals surface area contributed by atoms with Gasteiger partial charge < -0.3 is 31.9 Å². The molecule has 8 nitrogen and oxygen atoms in total. The van der Waals surface area contributed by atoms with E-state index in [2.05, 4.69) is 12.2 Å². The van der Waals surface area contributed by atoms with Gasteiger partial charge in [0.05, 0.1) is 0 Å². The topological polar surface area (TPSA) is 84.5 Å². The maximum absolute atomic E-state index is 11.4. The van der Waals surface area contributed by atoms with Crippen LogP contribution < -0.4 is 5.32 Å². The van der Waals surface area contributed by atoms with E-state index < -0.39 is 17.6 Å². The van der Waals surface area contributed by atoms with E-state index in [9.17, 15) is 4.79 Å². The van der Waals surface area contributed by atoms with Crippen molar-refractivity contribution in [1.29, 1.82) is 0 Å². The minimum absolute atomic E-state index is 0.0231. The zero-order valence-electron chi connectivity index (χ0n) is 18.3. The highest BCUT2D eigenvalue weighted by Gasteiger charge is 2.40. The van der Waals surface area contributed by atoms with Crippen molar-refractivity contribution in [2.75, 3.05) is 49.2 Å². The number of nitrogens with one attached hydrogen (secondary N) is 1. The molecule has 0 fully saturated rings. The summed E-state index contributed by atoms with van der Waals surface area (Å²) in [6.45, 7) is 4.34. The van der Waals surface area contributed by atoms with Gasteiger partial charge in [0.1, 0.15) is 0 Å². The second kappa shape index (κ2) is 13.0. The van der Waals surface area contributed by atoms with Crippen LogP contribution in [0.2, 0.25) is 12.1 Å². The summed E-state index contributed by atoms with van der Waals surface area (Å²) >= 11 is 0. The third kappa shape index (κ3) is 9.13. The van der Waals surface area contributed by atoms with Crippen molar-refractivity contribution in [3.8, 4) is 0 Å². The van der Waals surface area contributed by atoms with E-state index in [1.54, 1.807) is 42.7 Å². The van der Waals surface area contributed by atoms with E-state index in [0.29, 0.717) is 6.54 Å². The van der Waals surface area contributed by atoms with E-state index >= 15 is 0 Å². The fraction of sp³-hybridized carbons (Fsp3) is 0.941. The van der Waals surface area contributed by atoms with E-state index in [0.717, 1.165) is 37.8 Å². The van der Waals surface area contributed by atoms with Gasteiger partial charge in [-0.25, -0.2) is 0 Å². The maximum atomic E-state index is 11.4. The number of hydrogen-bond donors (Lipinski definition) is 1. The van der Waals surface area contributed by atoms with Crippen molar-refractivity contribution in [3.05, 3.63) is 0 Å². The predicted octanol–water partition coefficient (Wildman–Crippen LogP) is 2.45. The van der Waals surface area contributed by atoms with Crippen LogP contribution in [-0.2, 0) is 31.4 Å². The van der Waals surface area contributed by atoms with Crippen LogP contribution in [0, 0.1) is 5.41 Å². The van der Waals surface area contributed by atoms with Gasteiger partial charge >= 0.3 is 17.6 Å². The molecule has 0 bridgehead atoms. The van der Waals surface area contributed by atoms with Gasteiger partial charge in [-0.2, -0.15) is 0 Å². The Hall–Kier alpha value is -0.336. The van der Waals surface area contributed by atoms with Gasteiger partial charge in [0.2, 0.25) is 5.91 Å². The number of hydrogen-bond acceptors (Lipinski definition) is 7. The molecule has 0 aliphatic carbocycles. The highest BCUT2D eigenvalue weighted by atomic mass is 28.4. The molecule has 1 amide bonds. The SMILES string of the molecule is CO[Si](CCCC(C)(CCC[Si](OC)(OC)OC)CNC(C)=O)(OC)OC. The third-order valence-corrected chi connectivity index (χ3v) is 10.8. The smallest absolute Gasteiger partial charge is 0.377 e. The molecule has 0 aromatic carbocycles. The molecule has 162 valence electrons. The quantitative estimate of drug-likeness (QED) is 0.380. The molecule has 0 rings (SSSR count). The molecule has 0 saturated heterocycles. The first-order chi connectivity index (χ1) is 12.7. The Morgan fingerprint density at radius 3 is 1.37 bits per heavy atom. The lowest BCUT2D eigenvalue weighted by molar-refractivity contribution is -0.119. The van der Waals surface area contributed by atoms with Crippen LogP contribution in [0.25, 0.3) is 0 Å². The molecular weight excluding hydrogens is 386 g/mol. The van der Waals surface area contributed by atoms with Crippen LogP contribution in [0.5, 0.6) is 0 Å². The maximum Gasteiger partial charge on any atom is 0.500 e. The summed E-state index contributed by atoms with van der Waals surface area (Å²) in [4.78, 5) is 11.4. The van der Waals surface area contributed by atoms with E-state index in [1.807, 2.05) is 0 Å². The zero-order chi connectivity index (χ0) is 21.0. The Morgan fingerprint density at radius 2 is 1.11 bits per heavy atom. The van der Waals surface area contributed by atoms with Crippen LogP contribution in [0.3, 0.4) is 0 Å². The summed E-state index contributed by atoms with van der Waals surface area (Å²) in [5.41, 5.74) is -0.0591. The summed E-state index contributed by atoms with van der Waals surface area (Å²) in [6, 6.07) is 1.47. The molecule has 0 aliphatic heterocycles. The Bertz CT molecular complexity index is 376. The van der Waals surface area contributed by atoms with Crippen LogP contribution in [0.1, 0.15) is 39.5 Å². The lowest BCUT2D eigenvalue weighted by Crippen LogP contribution is -2.44. The minimum Gasteiger partial charge on any atom is -0.377 e. The molecule has 0 saturated carbocycles. The number of rotatable bonds is 16.